The second kappa shape index (κ2) is 6.52. The van der Waals surface area contributed by atoms with Gasteiger partial charge >= 0.3 is 0 Å². The minimum atomic E-state index is -0.366. The molecule has 2 rings (SSSR count). The summed E-state index contributed by atoms with van der Waals surface area (Å²) in [5.41, 5.74) is 2.01. The number of nitro benzene ring substituents is 1. The number of hydrogen-bond acceptors (Lipinski definition) is 3. The minimum absolute atomic E-state index is 0.0357. The summed E-state index contributed by atoms with van der Waals surface area (Å²) in [6.45, 7) is 2.05. The Kier molecular flexibility index (Phi) is 4.74. The first-order chi connectivity index (χ1) is 9.61. The van der Waals surface area contributed by atoms with Crippen molar-refractivity contribution < 1.29 is 4.92 Å². The molecule has 0 spiro atoms. The van der Waals surface area contributed by atoms with Crippen LogP contribution in [0.15, 0.2) is 53.0 Å². The molecule has 0 amide bonds. The van der Waals surface area contributed by atoms with Crippen molar-refractivity contribution in [2.75, 3.05) is 5.32 Å². The summed E-state index contributed by atoms with van der Waals surface area (Å²) in [7, 11) is 0. The molecular weight excluding hydrogens is 320 g/mol. The molecular formula is C15H15BrN2O2. The van der Waals surface area contributed by atoms with Crippen molar-refractivity contribution in [1.82, 2.24) is 0 Å². The number of benzene rings is 2. The Hall–Kier alpha value is -1.88. The Morgan fingerprint density at radius 1 is 1.25 bits per heavy atom. The third kappa shape index (κ3) is 3.36. The smallest absolute Gasteiger partial charge is 0.269 e. The van der Waals surface area contributed by atoms with Gasteiger partial charge in [0.25, 0.3) is 5.69 Å². The standard InChI is InChI=1S/C15H15BrN2O2/c1-2-14(17-15-9-4-3-8-13(15)16)11-6-5-7-12(10-11)18(19)20/h3-10,14,17H,2H2,1H3. The number of hydrogen-bond donors (Lipinski definition) is 1. The molecule has 1 unspecified atom stereocenters. The zero-order valence-corrected chi connectivity index (χ0v) is 12.6. The van der Waals surface area contributed by atoms with Crippen molar-refractivity contribution >= 4 is 27.3 Å². The fourth-order valence-corrected chi connectivity index (χ4v) is 2.44. The molecule has 0 saturated carbocycles. The van der Waals surface area contributed by atoms with Crippen molar-refractivity contribution in [2.45, 2.75) is 19.4 Å². The van der Waals surface area contributed by atoms with Gasteiger partial charge in [-0.1, -0.05) is 31.2 Å². The third-order valence-corrected chi connectivity index (χ3v) is 3.79. The summed E-state index contributed by atoms with van der Waals surface area (Å²) in [5.74, 6) is 0. The monoisotopic (exact) mass is 334 g/mol. The van der Waals surface area contributed by atoms with E-state index >= 15 is 0 Å². The first kappa shape index (κ1) is 14.5. The molecule has 0 fully saturated rings. The number of non-ortho nitro benzene ring substituents is 1. The Morgan fingerprint density at radius 3 is 2.65 bits per heavy atom. The SMILES string of the molecule is CCC(Nc1ccccc1Br)c1cccc([N+](=O)[O-])c1. The zero-order valence-electron chi connectivity index (χ0n) is 11.0. The molecule has 0 radical (unpaired) electrons. The summed E-state index contributed by atoms with van der Waals surface area (Å²) < 4.78 is 0.976. The van der Waals surface area contributed by atoms with Crippen molar-refractivity contribution in [2.24, 2.45) is 0 Å². The van der Waals surface area contributed by atoms with E-state index < -0.39 is 0 Å². The Labute approximate surface area is 126 Å². The highest BCUT2D eigenvalue weighted by Crippen LogP contribution is 2.29. The van der Waals surface area contributed by atoms with Crippen LogP contribution in [0.25, 0.3) is 0 Å². The maximum Gasteiger partial charge on any atom is 0.269 e. The van der Waals surface area contributed by atoms with E-state index in [0.29, 0.717) is 0 Å². The van der Waals surface area contributed by atoms with Crippen LogP contribution in [-0.2, 0) is 0 Å². The number of anilines is 1. The van der Waals surface area contributed by atoms with Gasteiger partial charge in [0.05, 0.1) is 11.0 Å². The average Bonchev–Trinajstić information content (AvgIpc) is 2.46. The van der Waals surface area contributed by atoms with E-state index in [-0.39, 0.29) is 16.7 Å². The minimum Gasteiger partial charge on any atom is -0.377 e. The molecule has 0 aliphatic rings. The van der Waals surface area contributed by atoms with E-state index in [9.17, 15) is 10.1 Å². The maximum absolute atomic E-state index is 10.9. The highest BCUT2D eigenvalue weighted by atomic mass is 79.9. The van der Waals surface area contributed by atoms with Gasteiger partial charge in [0.1, 0.15) is 0 Å². The van der Waals surface area contributed by atoms with Crippen molar-refractivity contribution in [3.63, 3.8) is 0 Å². The first-order valence-corrected chi connectivity index (χ1v) is 7.16. The lowest BCUT2D eigenvalue weighted by Crippen LogP contribution is -2.10. The number of nitrogens with zero attached hydrogens (tertiary/aromatic N) is 1. The zero-order chi connectivity index (χ0) is 14.5. The van der Waals surface area contributed by atoms with Gasteiger partial charge in [-0.05, 0) is 40.0 Å². The Bertz CT molecular complexity index is 616. The summed E-state index contributed by atoms with van der Waals surface area (Å²) >= 11 is 3.49. The lowest BCUT2D eigenvalue weighted by Gasteiger charge is -2.19. The summed E-state index contributed by atoms with van der Waals surface area (Å²) in [6.07, 6.45) is 0.836. The van der Waals surface area contributed by atoms with Crippen LogP contribution in [0.2, 0.25) is 0 Å². The number of rotatable bonds is 5. The molecule has 0 aromatic heterocycles. The maximum atomic E-state index is 10.9. The van der Waals surface area contributed by atoms with Crippen LogP contribution in [0, 0.1) is 10.1 Å². The van der Waals surface area contributed by atoms with E-state index in [1.165, 1.54) is 6.07 Å². The average molecular weight is 335 g/mol. The molecule has 0 heterocycles. The van der Waals surface area contributed by atoms with Crippen molar-refractivity contribution in [1.29, 1.82) is 0 Å². The molecule has 0 aliphatic heterocycles. The van der Waals surface area contributed by atoms with Gasteiger partial charge in [-0.25, -0.2) is 0 Å². The molecule has 0 aliphatic carbocycles. The van der Waals surface area contributed by atoms with Crippen LogP contribution >= 0.6 is 15.9 Å². The molecule has 20 heavy (non-hydrogen) atoms. The second-order valence-corrected chi connectivity index (χ2v) is 5.29. The highest BCUT2D eigenvalue weighted by Gasteiger charge is 2.14. The predicted molar refractivity (Wildman–Crippen MR) is 83.9 cm³/mol. The van der Waals surface area contributed by atoms with Crippen LogP contribution in [0.5, 0.6) is 0 Å². The van der Waals surface area contributed by atoms with Gasteiger partial charge < -0.3 is 5.32 Å². The molecule has 1 atom stereocenters. The third-order valence-electron chi connectivity index (χ3n) is 3.10. The van der Waals surface area contributed by atoms with Crippen LogP contribution in [0.3, 0.4) is 0 Å². The lowest BCUT2D eigenvalue weighted by atomic mass is 10.0. The predicted octanol–water partition coefficient (Wildman–Crippen LogP) is 4.92. The highest BCUT2D eigenvalue weighted by molar-refractivity contribution is 9.10. The fourth-order valence-electron chi connectivity index (χ4n) is 2.04. The molecule has 4 nitrogen and oxygen atoms in total. The largest absolute Gasteiger partial charge is 0.377 e. The topological polar surface area (TPSA) is 55.2 Å². The molecule has 2 aromatic carbocycles. The summed E-state index contributed by atoms with van der Waals surface area (Å²) in [5, 5.41) is 14.3. The molecule has 104 valence electrons. The Balaban J connectivity index is 2.26. The van der Waals surface area contributed by atoms with Crippen molar-refractivity contribution in [3.8, 4) is 0 Å². The van der Waals surface area contributed by atoms with Gasteiger partial charge in [-0.2, -0.15) is 0 Å². The molecule has 0 saturated heterocycles. The fraction of sp³-hybridized carbons (Fsp3) is 0.200. The Morgan fingerprint density at radius 2 is 2.00 bits per heavy atom. The van der Waals surface area contributed by atoms with Gasteiger partial charge in [-0.15, -0.1) is 0 Å². The van der Waals surface area contributed by atoms with Crippen LogP contribution in [0.4, 0.5) is 11.4 Å². The van der Waals surface area contributed by atoms with Gasteiger partial charge in [0.2, 0.25) is 0 Å². The molecule has 1 N–H and O–H groups in total. The molecule has 5 heteroatoms. The van der Waals surface area contributed by atoms with Gasteiger partial charge in [-0.3, -0.25) is 10.1 Å². The quantitative estimate of drug-likeness (QED) is 0.623. The number of halogens is 1. The molecule has 2 aromatic rings. The molecule has 0 bridgehead atoms. The van der Waals surface area contributed by atoms with Gasteiger partial charge in [0, 0.05) is 22.3 Å². The van der Waals surface area contributed by atoms with Gasteiger partial charge in [0.15, 0.2) is 0 Å². The number of nitro groups is 1. The summed E-state index contributed by atoms with van der Waals surface area (Å²) in [4.78, 5) is 10.5. The normalized spacial score (nSPS) is 11.9. The van der Waals surface area contributed by atoms with E-state index in [2.05, 4.69) is 21.2 Å². The van der Waals surface area contributed by atoms with E-state index in [0.717, 1.165) is 22.1 Å². The van der Waals surface area contributed by atoms with Crippen LogP contribution in [0.1, 0.15) is 24.9 Å². The van der Waals surface area contributed by atoms with E-state index in [4.69, 9.17) is 0 Å². The van der Waals surface area contributed by atoms with Crippen LogP contribution in [-0.4, -0.2) is 4.92 Å². The van der Waals surface area contributed by atoms with Crippen LogP contribution < -0.4 is 5.32 Å². The number of para-hydroxylation sites is 1. The second-order valence-electron chi connectivity index (χ2n) is 4.44. The first-order valence-electron chi connectivity index (χ1n) is 6.37. The lowest BCUT2D eigenvalue weighted by molar-refractivity contribution is -0.384. The van der Waals surface area contributed by atoms with Crippen molar-refractivity contribution in [3.05, 3.63) is 68.7 Å². The van der Waals surface area contributed by atoms with E-state index in [1.54, 1.807) is 12.1 Å². The summed E-state index contributed by atoms with van der Waals surface area (Å²) in [6, 6.07) is 14.6. The number of nitrogens with one attached hydrogen (secondary N) is 1. The van der Waals surface area contributed by atoms with E-state index in [1.807, 2.05) is 37.3 Å².